The number of β-amino-alcohol motifs (C(OH)–C–C–N with tert-alkyl or cyclic N) is 1. The van der Waals surface area contributed by atoms with Crippen LogP contribution in [-0.2, 0) is 19.4 Å². The standard InChI is InChI=1S/C17H20N6O/c18-10-14-9-13-3-1-2-4-15(13)20-16(14)22-7-5-17(24,11-22)12-23-8-6-19-21-23/h6,8-9,24H,1-5,7,11-12H2. The largest absolute Gasteiger partial charge is 0.386 e. The van der Waals surface area contributed by atoms with E-state index in [1.807, 2.05) is 11.0 Å². The normalized spacial score (nSPS) is 23.1. The van der Waals surface area contributed by atoms with E-state index >= 15 is 0 Å². The number of nitriles is 1. The summed E-state index contributed by atoms with van der Waals surface area (Å²) in [6.45, 7) is 1.54. The third-order valence-electron chi connectivity index (χ3n) is 4.96. The van der Waals surface area contributed by atoms with E-state index in [-0.39, 0.29) is 0 Å². The Morgan fingerprint density at radius 1 is 1.33 bits per heavy atom. The predicted octanol–water partition coefficient (Wildman–Crippen LogP) is 1.06. The minimum Gasteiger partial charge on any atom is -0.386 e. The first-order chi connectivity index (χ1) is 11.7. The summed E-state index contributed by atoms with van der Waals surface area (Å²) in [5.74, 6) is 0.715. The van der Waals surface area contributed by atoms with Gasteiger partial charge in [0.2, 0.25) is 0 Å². The van der Waals surface area contributed by atoms with Crippen molar-refractivity contribution in [3.8, 4) is 6.07 Å². The Balaban J connectivity index is 1.59. The van der Waals surface area contributed by atoms with E-state index in [0.29, 0.717) is 37.4 Å². The summed E-state index contributed by atoms with van der Waals surface area (Å²) in [4.78, 5) is 6.82. The van der Waals surface area contributed by atoms with Gasteiger partial charge in [0.1, 0.15) is 17.5 Å². The predicted molar refractivity (Wildman–Crippen MR) is 87.4 cm³/mol. The topological polar surface area (TPSA) is 90.9 Å². The van der Waals surface area contributed by atoms with Crippen LogP contribution in [0.3, 0.4) is 0 Å². The Morgan fingerprint density at radius 3 is 3.00 bits per heavy atom. The van der Waals surface area contributed by atoms with E-state index in [2.05, 4.69) is 16.4 Å². The van der Waals surface area contributed by atoms with E-state index in [1.165, 1.54) is 12.0 Å². The number of anilines is 1. The summed E-state index contributed by atoms with van der Waals surface area (Å²) in [5, 5.41) is 28.1. The number of hydrogen-bond donors (Lipinski definition) is 1. The molecule has 0 spiro atoms. The molecule has 0 aromatic carbocycles. The van der Waals surface area contributed by atoms with Crippen LogP contribution in [0.1, 0.15) is 36.1 Å². The van der Waals surface area contributed by atoms with Gasteiger partial charge in [-0.05, 0) is 43.7 Å². The number of nitrogens with zero attached hydrogens (tertiary/aromatic N) is 6. The molecule has 0 bridgehead atoms. The average Bonchev–Trinajstić information content (AvgIpc) is 3.23. The van der Waals surface area contributed by atoms with Crippen molar-refractivity contribution in [2.75, 3.05) is 18.0 Å². The highest BCUT2D eigenvalue weighted by Crippen LogP contribution is 2.31. The number of fused-ring (bicyclic) bond motifs is 1. The second-order valence-corrected chi connectivity index (χ2v) is 6.78. The summed E-state index contributed by atoms with van der Waals surface area (Å²) in [5.41, 5.74) is 2.05. The lowest BCUT2D eigenvalue weighted by atomic mass is 9.95. The first kappa shape index (κ1) is 15.1. The van der Waals surface area contributed by atoms with Crippen LogP contribution in [0, 0.1) is 11.3 Å². The third-order valence-corrected chi connectivity index (χ3v) is 4.96. The van der Waals surface area contributed by atoms with Crippen molar-refractivity contribution >= 4 is 5.82 Å². The molecule has 7 heteroatoms. The maximum Gasteiger partial charge on any atom is 0.146 e. The first-order valence-electron chi connectivity index (χ1n) is 8.41. The Bertz CT molecular complexity index is 781. The zero-order chi connectivity index (χ0) is 16.6. The number of aryl methyl sites for hydroxylation is 2. The maximum absolute atomic E-state index is 10.9. The van der Waals surface area contributed by atoms with E-state index in [9.17, 15) is 10.4 Å². The molecular formula is C17H20N6O. The molecule has 4 rings (SSSR count). The van der Waals surface area contributed by atoms with Gasteiger partial charge in [-0.25, -0.2) is 9.67 Å². The molecule has 2 aromatic rings. The zero-order valence-corrected chi connectivity index (χ0v) is 13.5. The van der Waals surface area contributed by atoms with Gasteiger partial charge in [0, 0.05) is 18.4 Å². The first-order valence-corrected chi connectivity index (χ1v) is 8.41. The van der Waals surface area contributed by atoms with E-state index < -0.39 is 5.60 Å². The Labute approximate surface area is 140 Å². The van der Waals surface area contributed by atoms with Crippen LogP contribution in [0.2, 0.25) is 0 Å². The van der Waals surface area contributed by atoms with Crippen LogP contribution in [0.15, 0.2) is 18.5 Å². The second-order valence-electron chi connectivity index (χ2n) is 6.78. The highest BCUT2D eigenvalue weighted by molar-refractivity contribution is 5.57. The summed E-state index contributed by atoms with van der Waals surface area (Å²) < 4.78 is 1.65. The van der Waals surface area contributed by atoms with Crippen molar-refractivity contribution in [3.63, 3.8) is 0 Å². The number of rotatable bonds is 3. The molecule has 124 valence electrons. The molecule has 1 aliphatic carbocycles. The monoisotopic (exact) mass is 324 g/mol. The number of aliphatic hydroxyl groups is 1. The highest BCUT2D eigenvalue weighted by Gasteiger charge is 2.38. The molecule has 2 aromatic heterocycles. The summed E-state index contributed by atoms with van der Waals surface area (Å²) in [7, 11) is 0. The van der Waals surface area contributed by atoms with Gasteiger partial charge < -0.3 is 10.0 Å². The number of aromatic nitrogens is 4. The van der Waals surface area contributed by atoms with Crippen LogP contribution in [0.5, 0.6) is 0 Å². The molecule has 3 heterocycles. The van der Waals surface area contributed by atoms with Gasteiger partial charge >= 0.3 is 0 Å². The minimum atomic E-state index is -0.877. The molecule has 1 atom stereocenters. The minimum absolute atomic E-state index is 0.399. The molecule has 1 N–H and O–H groups in total. The molecule has 24 heavy (non-hydrogen) atoms. The molecule has 0 saturated carbocycles. The summed E-state index contributed by atoms with van der Waals surface area (Å²) >= 11 is 0. The van der Waals surface area contributed by atoms with Gasteiger partial charge in [-0.3, -0.25) is 0 Å². The quantitative estimate of drug-likeness (QED) is 0.908. The molecule has 1 fully saturated rings. The van der Waals surface area contributed by atoms with Crippen molar-refractivity contribution < 1.29 is 5.11 Å². The van der Waals surface area contributed by atoms with Crippen molar-refractivity contribution in [2.24, 2.45) is 0 Å². The fourth-order valence-electron chi connectivity index (χ4n) is 3.73. The fourth-order valence-corrected chi connectivity index (χ4v) is 3.73. The molecule has 0 amide bonds. The lowest BCUT2D eigenvalue weighted by Crippen LogP contribution is -2.38. The van der Waals surface area contributed by atoms with E-state index in [4.69, 9.17) is 4.98 Å². The van der Waals surface area contributed by atoms with Crippen LogP contribution in [0.25, 0.3) is 0 Å². The molecule has 0 radical (unpaired) electrons. The number of hydrogen-bond acceptors (Lipinski definition) is 6. The highest BCUT2D eigenvalue weighted by atomic mass is 16.3. The molecule has 1 aliphatic heterocycles. The van der Waals surface area contributed by atoms with Gasteiger partial charge in [0.15, 0.2) is 0 Å². The van der Waals surface area contributed by atoms with Crippen molar-refractivity contribution in [2.45, 2.75) is 44.2 Å². The van der Waals surface area contributed by atoms with E-state index in [1.54, 1.807) is 17.1 Å². The van der Waals surface area contributed by atoms with Crippen LogP contribution in [-0.4, -0.2) is 43.8 Å². The Morgan fingerprint density at radius 2 is 2.21 bits per heavy atom. The van der Waals surface area contributed by atoms with Crippen molar-refractivity contribution in [3.05, 3.63) is 35.3 Å². The SMILES string of the molecule is N#Cc1cc2c(nc1N1CCC(O)(Cn3ccnn3)C1)CCCC2. The number of pyridine rings is 1. The van der Waals surface area contributed by atoms with Crippen molar-refractivity contribution in [1.82, 2.24) is 20.0 Å². The lowest BCUT2D eigenvalue weighted by molar-refractivity contribution is 0.0408. The third kappa shape index (κ3) is 2.74. The molecule has 1 unspecified atom stereocenters. The lowest BCUT2D eigenvalue weighted by Gasteiger charge is -2.25. The average molecular weight is 324 g/mol. The second kappa shape index (κ2) is 5.87. The van der Waals surface area contributed by atoms with Gasteiger partial charge in [-0.1, -0.05) is 5.21 Å². The van der Waals surface area contributed by atoms with Crippen molar-refractivity contribution in [1.29, 1.82) is 5.26 Å². The van der Waals surface area contributed by atoms with Gasteiger partial charge in [-0.2, -0.15) is 5.26 Å². The maximum atomic E-state index is 10.9. The molecule has 7 nitrogen and oxygen atoms in total. The van der Waals surface area contributed by atoms with Crippen LogP contribution in [0.4, 0.5) is 5.82 Å². The van der Waals surface area contributed by atoms with Gasteiger partial charge in [0.25, 0.3) is 0 Å². The van der Waals surface area contributed by atoms with Crippen LogP contribution < -0.4 is 4.90 Å². The van der Waals surface area contributed by atoms with Gasteiger partial charge in [0.05, 0.1) is 24.8 Å². The molecule has 2 aliphatic rings. The fraction of sp³-hybridized carbons (Fsp3) is 0.529. The Hall–Kier alpha value is -2.46. The van der Waals surface area contributed by atoms with Crippen LogP contribution >= 0.6 is 0 Å². The Kier molecular flexibility index (Phi) is 3.69. The molecule has 1 saturated heterocycles. The zero-order valence-electron chi connectivity index (χ0n) is 13.5. The van der Waals surface area contributed by atoms with Gasteiger partial charge in [-0.15, -0.1) is 5.10 Å². The summed E-state index contributed by atoms with van der Waals surface area (Å²) in [6.07, 6.45) is 8.28. The smallest absolute Gasteiger partial charge is 0.146 e. The summed E-state index contributed by atoms with van der Waals surface area (Å²) in [6, 6.07) is 4.27. The molecular weight excluding hydrogens is 304 g/mol. The van der Waals surface area contributed by atoms with E-state index in [0.717, 1.165) is 25.0 Å².